The molecule has 0 aromatic carbocycles. The molecule has 11 heavy (non-hydrogen) atoms. The summed E-state index contributed by atoms with van der Waals surface area (Å²) in [5, 5.41) is 9.24. The van der Waals surface area contributed by atoms with Crippen molar-refractivity contribution in [2.24, 2.45) is 11.7 Å². The minimum atomic E-state index is -0.333. The highest BCUT2D eigenvalue weighted by atomic mass is 16.3. The molecule has 0 aliphatic carbocycles. The van der Waals surface area contributed by atoms with Gasteiger partial charge in [0.05, 0.1) is 6.10 Å². The lowest BCUT2D eigenvalue weighted by Gasteiger charge is -2.18. The highest BCUT2D eigenvalue weighted by molar-refractivity contribution is 4.74. The molecule has 0 aromatic heterocycles. The molecule has 0 amide bonds. The Labute approximate surface area is 68.2 Å². The van der Waals surface area contributed by atoms with Crippen LogP contribution in [0.5, 0.6) is 0 Å². The molecule has 3 N–H and O–H groups in total. The normalized spacial score (nSPS) is 29.2. The summed E-state index contributed by atoms with van der Waals surface area (Å²) >= 11 is 0. The maximum atomic E-state index is 9.24. The molecule has 1 aliphatic heterocycles. The molecule has 0 spiro atoms. The number of hydrogen-bond donors (Lipinski definition) is 2. The molecule has 0 bridgehead atoms. The average Bonchev–Trinajstić information content (AvgIpc) is 2.35. The Morgan fingerprint density at radius 3 is 2.91 bits per heavy atom. The van der Waals surface area contributed by atoms with E-state index in [9.17, 15) is 5.11 Å². The van der Waals surface area contributed by atoms with Gasteiger partial charge in [-0.3, -0.25) is 0 Å². The lowest BCUT2D eigenvalue weighted by atomic mass is 10.2. The van der Waals surface area contributed by atoms with Crippen molar-refractivity contribution >= 4 is 0 Å². The van der Waals surface area contributed by atoms with E-state index in [0.29, 0.717) is 6.54 Å². The maximum Gasteiger partial charge on any atom is 0.0789 e. The van der Waals surface area contributed by atoms with Gasteiger partial charge < -0.3 is 15.7 Å². The number of likely N-dealkylation sites (tertiary alicyclic amines) is 1. The van der Waals surface area contributed by atoms with Crippen LogP contribution in [0.15, 0.2) is 0 Å². The Hall–Kier alpha value is -0.120. The standard InChI is InChI=1S/C8H18N2O/c1-7-2-3-10(5-7)6-8(11)4-9/h7-8,11H,2-6,9H2,1H3. The molecular formula is C8H18N2O. The largest absolute Gasteiger partial charge is 0.390 e. The molecule has 0 radical (unpaired) electrons. The number of nitrogens with zero attached hydrogens (tertiary/aromatic N) is 1. The van der Waals surface area contributed by atoms with Crippen molar-refractivity contribution in [1.82, 2.24) is 4.90 Å². The Balaban J connectivity index is 2.17. The monoisotopic (exact) mass is 158 g/mol. The van der Waals surface area contributed by atoms with Gasteiger partial charge in [-0.25, -0.2) is 0 Å². The molecule has 0 aromatic rings. The van der Waals surface area contributed by atoms with E-state index < -0.39 is 0 Å². The van der Waals surface area contributed by atoms with E-state index in [1.54, 1.807) is 0 Å². The van der Waals surface area contributed by atoms with Crippen molar-refractivity contribution in [3.63, 3.8) is 0 Å². The Kier molecular flexibility index (Phi) is 3.30. The topological polar surface area (TPSA) is 49.5 Å². The molecule has 2 atom stereocenters. The number of aliphatic hydroxyl groups is 1. The zero-order valence-corrected chi connectivity index (χ0v) is 7.16. The van der Waals surface area contributed by atoms with Crippen molar-refractivity contribution < 1.29 is 5.11 Å². The van der Waals surface area contributed by atoms with Gasteiger partial charge in [0.15, 0.2) is 0 Å². The predicted molar refractivity (Wildman–Crippen MR) is 45.3 cm³/mol. The summed E-state index contributed by atoms with van der Waals surface area (Å²) in [7, 11) is 0. The van der Waals surface area contributed by atoms with Crippen molar-refractivity contribution in [3.8, 4) is 0 Å². The van der Waals surface area contributed by atoms with Gasteiger partial charge in [0, 0.05) is 19.6 Å². The first-order valence-electron chi connectivity index (χ1n) is 4.33. The highest BCUT2D eigenvalue weighted by Crippen LogP contribution is 2.14. The smallest absolute Gasteiger partial charge is 0.0789 e. The number of hydrogen-bond acceptors (Lipinski definition) is 3. The summed E-state index contributed by atoms with van der Waals surface area (Å²) in [5.74, 6) is 0.792. The molecule has 3 heteroatoms. The number of nitrogens with two attached hydrogens (primary N) is 1. The van der Waals surface area contributed by atoms with E-state index in [1.807, 2.05) is 0 Å². The highest BCUT2D eigenvalue weighted by Gasteiger charge is 2.19. The van der Waals surface area contributed by atoms with Gasteiger partial charge in [0.25, 0.3) is 0 Å². The van der Waals surface area contributed by atoms with Gasteiger partial charge in [-0.05, 0) is 18.9 Å². The maximum absolute atomic E-state index is 9.24. The van der Waals surface area contributed by atoms with Crippen LogP contribution in [0.1, 0.15) is 13.3 Å². The summed E-state index contributed by atoms with van der Waals surface area (Å²) in [4.78, 5) is 2.28. The summed E-state index contributed by atoms with van der Waals surface area (Å²) in [6, 6.07) is 0. The molecular weight excluding hydrogens is 140 g/mol. The lowest BCUT2D eigenvalue weighted by molar-refractivity contribution is 0.130. The fourth-order valence-electron chi connectivity index (χ4n) is 1.56. The van der Waals surface area contributed by atoms with E-state index in [2.05, 4.69) is 11.8 Å². The van der Waals surface area contributed by atoms with Gasteiger partial charge in [-0.2, -0.15) is 0 Å². The molecule has 1 rings (SSSR count). The quantitative estimate of drug-likeness (QED) is 0.590. The fraction of sp³-hybridized carbons (Fsp3) is 1.00. The third-order valence-electron chi connectivity index (χ3n) is 2.25. The van der Waals surface area contributed by atoms with E-state index in [-0.39, 0.29) is 6.10 Å². The zero-order chi connectivity index (χ0) is 8.27. The van der Waals surface area contributed by atoms with Gasteiger partial charge >= 0.3 is 0 Å². The fourth-order valence-corrected chi connectivity index (χ4v) is 1.56. The summed E-state index contributed by atoms with van der Waals surface area (Å²) < 4.78 is 0. The van der Waals surface area contributed by atoms with Crippen molar-refractivity contribution in [1.29, 1.82) is 0 Å². The van der Waals surface area contributed by atoms with E-state index in [1.165, 1.54) is 6.42 Å². The van der Waals surface area contributed by atoms with Gasteiger partial charge in [-0.1, -0.05) is 6.92 Å². The summed E-state index contributed by atoms with van der Waals surface area (Å²) in [6.07, 6.45) is 0.928. The second-order valence-corrected chi connectivity index (χ2v) is 3.54. The van der Waals surface area contributed by atoms with Crippen LogP contribution in [0.2, 0.25) is 0 Å². The third-order valence-corrected chi connectivity index (χ3v) is 2.25. The molecule has 1 fully saturated rings. The first-order valence-corrected chi connectivity index (χ1v) is 4.33. The predicted octanol–water partition coefficient (Wildman–Crippen LogP) is -0.352. The number of rotatable bonds is 3. The molecule has 1 aliphatic rings. The van der Waals surface area contributed by atoms with Gasteiger partial charge in [0.2, 0.25) is 0 Å². The Morgan fingerprint density at radius 1 is 1.73 bits per heavy atom. The molecule has 1 saturated heterocycles. The Morgan fingerprint density at radius 2 is 2.45 bits per heavy atom. The SMILES string of the molecule is CC1CCN(CC(O)CN)C1. The molecule has 3 nitrogen and oxygen atoms in total. The first-order chi connectivity index (χ1) is 5.22. The van der Waals surface area contributed by atoms with Crippen LogP contribution in [-0.2, 0) is 0 Å². The third kappa shape index (κ3) is 2.77. The van der Waals surface area contributed by atoms with Crippen LogP contribution in [-0.4, -0.2) is 42.3 Å². The minimum Gasteiger partial charge on any atom is -0.390 e. The summed E-state index contributed by atoms with van der Waals surface area (Å²) in [5.41, 5.74) is 5.31. The lowest BCUT2D eigenvalue weighted by Crippen LogP contribution is -2.35. The van der Waals surface area contributed by atoms with E-state index in [4.69, 9.17) is 5.73 Å². The van der Waals surface area contributed by atoms with E-state index in [0.717, 1.165) is 25.6 Å². The second kappa shape index (κ2) is 4.04. The van der Waals surface area contributed by atoms with Gasteiger partial charge in [-0.15, -0.1) is 0 Å². The van der Waals surface area contributed by atoms with Crippen LogP contribution >= 0.6 is 0 Å². The molecule has 1 heterocycles. The van der Waals surface area contributed by atoms with E-state index >= 15 is 0 Å². The zero-order valence-electron chi connectivity index (χ0n) is 7.16. The van der Waals surface area contributed by atoms with Crippen LogP contribution in [0.3, 0.4) is 0 Å². The van der Waals surface area contributed by atoms with Crippen molar-refractivity contribution in [2.45, 2.75) is 19.4 Å². The number of β-amino-alcohol motifs (C(OH)–C–C–N with tert-alkyl or cyclic N) is 1. The number of aliphatic hydroxyl groups excluding tert-OH is 1. The average molecular weight is 158 g/mol. The van der Waals surface area contributed by atoms with Gasteiger partial charge in [0.1, 0.15) is 0 Å². The van der Waals surface area contributed by atoms with Crippen LogP contribution in [0, 0.1) is 5.92 Å². The summed E-state index contributed by atoms with van der Waals surface area (Å²) in [6.45, 7) is 5.62. The van der Waals surface area contributed by atoms with Crippen LogP contribution in [0.25, 0.3) is 0 Å². The Bertz CT molecular complexity index is 119. The van der Waals surface area contributed by atoms with Crippen LogP contribution in [0.4, 0.5) is 0 Å². The van der Waals surface area contributed by atoms with Crippen molar-refractivity contribution in [3.05, 3.63) is 0 Å². The molecule has 2 unspecified atom stereocenters. The van der Waals surface area contributed by atoms with Crippen molar-refractivity contribution in [2.75, 3.05) is 26.2 Å². The second-order valence-electron chi connectivity index (χ2n) is 3.54. The molecule has 66 valence electrons. The minimum absolute atomic E-state index is 0.333. The van der Waals surface area contributed by atoms with Crippen LogP contribution < -0.4 is 5.73 Å². The first kappa shape index (κ1) is 8.97. The molecule has 0 saturated carbocycles.